The first-order chi connectivity index (χ1) is 16.5. The Balaban J connectivity index is 1.68. The predicted octanol–water partition coefficient (Wildman–Crippen LogP) is 7.84. The number of rotatable bonds is 5. The van der Waals surface area contributed by atoms with Crippen molar-refractivity contribution in [1.29, 1.82) is 0 Å². The third-order valence-corrected chi connectivity index (χ3v) is 15.3. The van der Waals surface area contributed by atoms with Gasteiger partial charge < -0.3 is 4.23 Å². The van der Waals surface area contributed by atoms with Gasteiger partial charge in [-0.25, -0.2) is 12.4 Å². The van der Waals surface area contributed by atoms with E-state index in [1.807, 2.05) is 30.3 Å². The number of nitrogens with zero attached hydrogens (tertiary/aromatic N) is 2. The van der Waals surface area contributed by atoms with Gasteiger partial charge in [-0.3, -0.25) is 0 Å². The monoisotopic (exact) mass is 518 g/mol. The smallest absolute Gasteiger partial charge is 0.268 e. The molecule has 0 unspecified atom stereocenters. The standard InChI is InChI=1S/C28H30N2O2S2Si/c1-28(2,3)35(4,5)30-20-27(23-16-10-12-18-25(23)30)33-26-19-29(24-17-11-9-15-22(24)26)34(31,32)21-13-7-6-8-14-21/h6-20H,1-5H3. The zero-order valence-electron chi connectivity index (χ0n) is 20.7. The lowest BCUT2D eigenvalue weighted by Gasteiger charge is -2.38. The van der Waals surface area contributed by atoms with Gasteiger partial charge in [-0.05, 0) is 29.3 Å². The van der Waals surface area contributed by atoms with E-state index in [4.69, 9.17) is 0 Å². The summed E-state index contributed by atoms with van der Waals surface area (Å²) in [5.74, 6) is 0. The van der Waals surface area contributed by atoms with E-state index in [1.165, 1.54) is 14.9 Å². The Morgan fingerprint density at radius 3 is 1.86 bits per heavy atom. The van der Waals surface area contributed by atoms with Crippen LogP contribution in [-0.2, 0) is 10.0 Å². The lowest BCUT2D eigenvalue weighted by Crippen LogP contribution is -2.44. The molecule has 7 heteroatoms. The molecule has 5 rings (SSSR count). The zero-order chi connectivity index (χ0) is 25.0. The van der Waals surface area contributed by atoms with Crippen molar-refractivity contribution >= 4 is 51.8 Å². The predicted molar refractivity (Wildman–Crippen MR) is 150 cm³/mol. The molecule has 0 saturated carbocycles. The molecule has 0 amide bonds. The van der Waals surface area contributed by atoms with E-state index in [-0.39, 0.29) is 9.93 Å². The summed E-state index contributed by atoms with van der Waals surface area (Å²) in [6.07, 6.45) is 4.06. The molecule has 0 N–H and O–H groups in total. The van der Waals surface area contributed by atoms with Crippen LogP contribution in [-0.4, -0.2) is 24.9 Å². The van der Waals surface area contributed by atoms with Crippen molar-refractivity contribution in [2.24, 2.45) is 0 Å². The summed E-state index contributed by atoms with van der Waals surface area (Å²) in [5.41, 5.74) is 1.93. The van der Waals surface area contributed by atoms with Crippen molar-refractivity contribution in [3.8, 4) is 0 Å². The molecule has 35 heavy (non-hydrogen) atoms. The molecule has 3 aromatic carbocycles. The van der Waals surface area contributed by atoms with Crippen molar-refractivity contribution in [1.82, 2.24) is 8.21 Å². The minimum absolute atomic E-state index is 0.177. The minimum atomic E-state index is -3.71. The highest BCUT2D eigenvalue weighted by atomic mass is 32.2. The fraction of sp³-hybridized carbons (Fsp3) is 0.214. The van der Waals surface area contributed by atoms with Crippen molar-refractivity contribution in [3.05, 3.63) is 91.3 Å². The molecule has 0 aliphatic rings. The maximum Gasteiger partial charge on any atom is 0.268 e. The zero-order valence-corrected chi connectivity index (χ0v) is 23.3. The summed E-state index contributed by atoms with van der Waals surface area (Å²) < 4.78 is 31.0. The second-order valence-electron chi connectivity index (χ2n) is 10.4. The van der Waals surface area contributed by atoms with Crippen molar-refractivity contribution in [2.75, 3.05) is 0 Å². The largest absolute Gasteiger partial charge is 0.373 e. The maximum atomic E-state index is 13.5. The van der Waals surface area contributed by atoms with E-state index in [1.54, 1.807) is 42.2 Å². The van der Waals surface area contributed by atoms with Crippen LogP contribution in [0, 0.1) is 0 Å². The molecule has 0 bridgehead atoms. The summed E-state index contributed by atoms with van der Waals surface area (Å²) >= 11 is 1.64. The highest BCUT2D eigenvalue weighted by molar-refractivity contribution is 8.00. The van der Waals surface area contributed by atoms with Gasteiger partial charge in [-0.15, -0.1) is 0 Å². The van der Waals surface area contributed by atoms with Crippen LogP contribution in [0.1, 0.15) is 20.8 Å². The van der Waals surface area contributed by atoms with E-state index >= 15 is 0 Å². The van der Waals surface area contributed by atoms with Gasteiger partial charge in [0.1, 0.15) is 0 Å². The van der Waals surface area contributed by atoms with Gasteiger partial charge in [0.25, 0.3) is 10.0 Å². The van der Waals surface area contributed by atoms with Crippen molar-refractivity contribution in [2.45, 2.75) is 53.6 Å². The van der Waals surface area contributed by atoms with Crippen LogP contribution >= 0.6 is 11.8 Å². The molecule has 0 saturated heterocycles. The van der Waals surface area contributed by atoms with Crippen LogP contribution in [0.25, 0.3) is 21.8 Å². The second-order valence-corrected chi connectivity index (χ2v) is 18.4. The van der Waals surface area contributed by atoms with Crippen LogP contribution < -0.4 is 0 Å². The number of fused-ring (bicyclic) bond motifs is 2. The Bertz CT molecular complexity index is 1640. The fourth-order valence-electron chi connectivity index (χ4n) is 4.28. The highest BCUT2D eigenvalue weighted by Gasteiger charge is 2.38. The summed E-state index contributed by atoms with van der Waals surface area (Å²) in [4.78, 5) is 2.36. The average Bonchev–Trinajstić information content (AvgIpc) is 3.39. The molecule has 4 nitrogen and oxygen atoms in total. The number of hydrogen-bond acceptors (Lipinski definition) is 3. The van der Waals surface area contributed by atoms with E-state index in [9.17, 15) is 8.42 Å². The normalized spacial score (nSPS) is 13.1. The molecule has 2 aromatic heterocycles. The van der Waals surface area contributed by atoms with Gasteiger partial charge in [0, 0.05) is 38.5 Å². The first-order valence-electron chi connectivity index (χ1n) is 11.7. The molecule has 0 radical (unpaired) electrons. The van der Waals surface area contributed by atoms with Gasteiger partial charge >= 0.3 is 0 Å². The molecule has 0 spiro atoms. The first kappa shape index (κ1) is 24.0. The summed E-state index contributed by atoms with van der Waals surface area (Å²) in [6.45, 7) is 11.8. The van der Waals surface area contributed by atoms with Gasteiger partial charge in [0.15, 0.2) is 8.24 Å². The van der Waals surface area contributed by atoms with Crippen LogP contribution in [0.5, 0.6) is 0 Å². The topological polar surface area (TPSA) is 44.0 Å². The molecule has 0 aliphatic carbocycles. The summed E-state index contributed by atoms with van der Waals surface area (Å²) in [6, 6.07) is 24.9. The van der Waals surface area contributed by atoms with E-state index in [2.05, 4.69) is 68.6 Å². The number of aromatic nitrogens is 2. The van der Waals surface area contributed by atoms with Gasteiger partial charge in [-0.1, -0.05) is 100 Å². The third-order valence-electron chi connectivity index (χ3n) is 7.27. The van der Waals surface area contributed by atoms with Gasteiger partial charge in [0.05, 0.1) is 10.4 Å². The van der Waals surface area contributed by atoms with E-state index in [0.717, 1.165) is 15.2 Å². The SMILES string of the molecule is CC(C)(C)[Si](C)(C)n1cc(Sc2cn(S(=O)(=O)c3ccccc3)c3ccccc23)c2ccccc21. The Labute approximate surface area is 212 Å². The van der Waals surface area contributed by atoms with Gasteiger partial charge in [0.2, 0.25) is 0 Å². The van der Waals surface area contributed by atoms with Gasteiger partial charge in [-0.2, -0.15) is 0 Å². The summed E-state index contributed by atoms with van der Waals surface area (Å²) in [7, 11) is -5.57. The fourth-order valence-corrected chi connectivity index (χ4v) is 8.92. The third kappa shape index (κ3) is 3.95. The highest BCUT2D eigenvalue weighted by Crippen LogP contribution is 2.44. The van der Waals surface area contributed by atoms with E-state index < -0.39 is 18.3 Å². The van der Waals surface area contributed by atoms with Crippen LogP contribution in [0.3, 0.4) is 0 Å². The number of hydrogen-bond donors (Lipinski definition) is 0. The Kier molecular flexibility index (Phi) is 5.78. The molecule has 0 aliphatic heterocycles. The van der Waals surface area contributed by atoms with Crippen molar-refractivity contribution in [3.63, 3.8) is 0 Å². The van der Waals surface area contributed by atoms with Crippen LogP contribution in [0.4, 0.5) is 0 Å². The second kappa shape index (κ2) is 8.43. The van der Waals surface area contributed by atoms with Crippen molar-refractivity contribution < 1.29 is 8.42 Å². The van der Waals surface area contributed by atoms with Crippen LogP contribution in [0.2, 0.25) is 18.1 Å². The Hall–Kier alpha value is -2.74. The first-order valence-corrected chi connectivity index (χ1v) is 16.9. The molecule has 0 atom stereocenters. The molecular formula is C28H30N2O2S2Si. The maximum absolute atomic E-state index is 13.5. The number of benzene rings is 3. The molecule has 180 valence electrons. The lowest BCUT2D eigenvalue weighted by atomic mass is 10.2. The average molecular weight is 519 g/mol. The Morgan fingerprint density at radius 2 is 1.23 bits per heavy atom. The molecular weight excluding hydrogens is 489 g/mol. The van der Waals surface area contributed by atoms with E-state index in [0.29, 0.717) is 5.52 Å². The molecule has 2 heterocycles. The number of para-hydroxylation sites is 2. The quantitative estimate of drug-likeness (QED) is 0.223. The van der Waals surface area contributed by atoms with Crippen LogP contribution in [0.15, 0.2) is 106 Å². The molecule has 5 aromatic rings. The summed E-state index contributed by atoms with van der Waals surface area (Å²) in [5, 5.41) is 2.31. The minimum Gasteiger partial charge on any atom is -0.373 e. The Morgan fingerprint density at radius 1 is 0.714 bits per heavy atom. The molecule has 0 fully saturated rings. The lowest BCUT2D eigenvalue weighted by molar-refractivity contribution is 0.589.